The molecule has 0 aromatic carbocycles. The maximum Gasteiger partial charge on any atom is 0.128 e. The van der Waals surface area contributed by atoms with Crippen molar-refractivity contribution in [2.75, 3.05) is 5.73 Å². The van der Waals surface area contributed by atoms with E-state index in [-0.39, 0.29) is 6.04 Å². The molecule has 1 fully saturated rings. The smallest absolute Gasteiger partial charge is 0.128 e. The molecule has 1 atom stereocenters. The number of hydrogen-bond donors (Lipinski definition) is 2. The Balaban J connectivity index is 2.12. The zero-order valence-electron chi connectivity index (χ0n) is 9.02. The van der Waals surface area contributed by atoms with Crippen molar-refractivity contribution in [1.29, 1.82) is 0 Å². The lowest BCUT2D eigenvalue weighted by molar-refractivity contribution is 0.308. The van der Waals surface area contributed by atoms with Gasteiger partial charge in [-0.05, 0) is 24.8 Å². The number of anilines is 1. The Morgan fingerprint density at radius 3 is 2.67 bits per heavy atom. The van der Waals surface area contributed by atoms with Crippen LogP contribution in [-0.4, -0.2) is 4.98 Å². The minimum atomic E-state index is 0.0685. The van der Waals surface area contributed by atoms with Gasteiger partial charge in [0.2, 0.25) is 0 Å². The summed E-state index contributed by atoms with van der Waals surface area (Å²) in [5.74, 6) is 1.18. The van der Waals surface area contributed by atoms with Crippen LogP contribution < -0.4 is 11.5 Å². The van der Waals surface area contributed by atoms with Crippen LogP contribution in [0, 0.1) is 5.92 Å². The van der Waals surface area contributed by atoms with E-state index in [0.29, 0.717) is 11.7 Å². The molecule has 1 saturated carbocycles. The van der Waals surface area contributed by atoms with Gasteiger partial charge >= 0.3 is 0 Å². The summed E-state index contributed by atoms with van der Waals surface area (Å²) in [6.07, 6.45) is 8.14. The first-order chi connectivity index (χ1) is 7.29. The highest BCUT2D eigenvalue weighted by molar-refractivity contribution is 5.40. The zero-order valence-corrected chi connectivity index (χ0v) is 9.02. The lowest BCUT2D eigenvalue weighted by Gasteiger charge is -2.28. The summed E-state index contributed by atoms with van der Waals surface area (Å²) >= 11 is 0. The van der Waals surface area contributed by atoms with Crippen molar-refractivity contribution in [1.82, 2.24) is 4.98 Å². The highest BCUT2D eigenvalue weighted by Gasteiger charge is 2.23. The molecule has 3 heteroatoms. The van der Waals surface area contributed by atoms with E-state index in [0.717, 1.165) is 5.56 Å². The fourth-order valence-electron chi connectivity index (χ4n) is 2.46. The highest BCUT2D eigenvalue weighted by Crippen LogP contribution is 2.34. The summed E-state index contributed by atoms with van der Waals surface area (Å²) < 4.78 is 0. The summed E-state index contributed by atoms with van der Waals surface area (Å²) in [6, 6.07) is 3.98. The Kier molecular flexibility index (Phi) is 3.21. The fourth-order valence-corrected chi connectivity index (χ4v) is 2.46. The van der Waals surface area contributed by atoms with E-state index in [9.17, 15) is 0 Å². The number of pyridine rings is 1. The molecule has 0 bridgehead atoms. The normalized spacial score (nSPS) is 20.1. The maximum atomic E-state index is 6.25. The largest absolute Gasteiger partial charge is 0.383 e. The molecule has 0 saturated heterocycles. The quantitative estimate of drug-likeness (QED) is 0.778. The molecule has 2 rings (SSSR count). The SMILES string of the molecule is Nc1ncccc1[C@@H](N)C1CCCCC1. The van der Waals surface area contributed by atoms with Crippen LogP contribution in [0.3, 0.4) is 0 Å². The first kappa shape index (κ1) is 10.4. The second kappa shape index (κ2) is 4.62. The Morgan fingerprint density at radius 1 is 1.27 bits per heavy atom. The minimum Gasteiger partial charge on any atom is -0.383 e. The number of nitrogen functional groups attached to an aromatic ring is 1. The van der Waals surface area contributed by atoms with Gasteiger partial charge in [-0.1, -0.05) is 25.3 Å². The van der Waals surface area contributed by atoms with Crippen LogP contribution in [0.1, 0.15) is 43.7 Å². The monoisotopic (exact) mass is 205 g/mol. The molecule has 15 heavy (non-hydrogen) atoms. The van der Waals surface area contributed by atoms with Crippen LogP contribution in [0.4, 0.5) is 5.82 Å². The summed E-state index contributed by atoms with van der Waals surface area (Å²) in [6.45, 7) is 0. The lowest BCUT2D eigenvalue weighted by Crippen LogP contribution is -2.24. The Morgan fingerprint density at radius 2 is 2.00 bits per heavy atom. The van der Waals surface area contributed by atoms with Crippen LogP contribution in [-0.2, 0) is 0 Å². The molecule has 3 nitrogen and oxygen atoms in total. The molecular weight excluding hydrogens is 186 g/mol. The second-order valence-corrected chi connectivity index (χ2v) is 4.40. The number of hydrogen-bond acceptors (Lipinski definition) is 3. The molecule has 0 radical (unpaired) electrons. The van der Waals surface area contributed by atoms with Crippen LogP contribution in [0.25, 0.3) is 0 Å². The van der Waals surface area contributed by atoms with E-state index in [1.165, 1.54) is 32.1 Å². The predicted molar refractivity (Wildman–Crippen MR) is 62.2 cm³/mol. The number of rotatable bonds is 2. The van der Waals surface area contributed by atoms with Gasteiger partial charge in [0.15, 0.2) is 0 Å². The Labute approximate surface area is 90.9 Å². The molecular formula is C12H19N3. The second-order valence-electron chi connectivity index (χ2n) is 4.40. The van der Waals surface area contributed by atoms with Gasteiger partial charge in [-0.2, -0.15) is 0 Å². The van der Waals surface area contributed by atoms with E-state index in [1.54, 1.807) is 6.20 Å². The first-order valence-corrected chi connectivity index (χ1v) is 5.75. The van der Waals surface area contributed by atoms with E-state index in [4.69, 9.17) is 11.5 Å². The molecule has 0 aliphatic heterocycles. The number of nitrogens with two attached hydrogens (primary N) is 2. The molecule has 1 aromatic heterocycles. The molecule has 1 aromatic rings. The Bertz CT molecular complexity index is 318. The van der Waals surface area contributed by atoms with Gasteiger partial charge in [-0.25, -0.2) is 4.98 Å². The van der Waals surface area contributed by atoms with Gasteiger partial charge in [0.1, 0.15) is 5.82 Å². The standard InChI is InChI=1S/C12H19N3/c13-11(9-5-2-1-3-6-9)10-7-4-8-15-12(10)14/h4,7-9,11H,1-3,5-6,13H2,(H2,14,15)/t11-/m0/s1. The average Bonchev–Trinajstić information content (AvgIpc) is 2.30. The highest BCUT2D eigenvalue weighted by atomic mass is 14.8. The average molecular weight is 205 g/mol. The maximum absolute atomic E-state index is 6.25. The molecule has 0 unspecified atom stereocenters. The van der Waals surface area contributed by atoms with Crippen molar-refractivity contribution >= 4 is 5.82 Å². The van der Waals surface area contributed by atoms with E-state index < -0.39 is 0 Å². The number of aromatic nitrogens is 1. The van der Waals surface area contributed by atoms with Crippen LogP contribution in [0.15, 0.2) is 18.3 Å². The van der Waals surface area contributed by atoms with Crippen molar-refractivity contribution in [3.8, 4) is 0 Å². The summed E-state index contributed by atoms with van der Waals surface area (Å²) in [5.41, 5.74) is 13.1. The summed E-state index contributed by atoms with van der Waals surface area (Å²) in [5, 5.41) is 0. The van der Waals surface area contributed by atoms with Crippen molar-refractivity contribution in [2.24, 2.45) is 11.7 Å². The molecule has 1 aliphatic rings. The molecule has 0 spiro atoms. The van der Waals surface area contributed by atoms with Crippen LogP contribution >= 0.6 is 0 Å². The van der Waals surface area contributed by atoms with E-state index >= 15 is 0 Å². The van der Waals surface area contributed by atoms with Gasteiger partial charge in [-0.15, -0.1) is 0 Å². The molecule has 0 amide bonds. The number of nitrogens with zero attached hydrogens (tertiary/aromatic N) is 1. The van der Waals surface area contributed by atoms with Gasteiger partial charge in [0, 0.05) is 17.8 Å². The van der Waals surface area contributed by atoms with E-state index in [1.807, 2.05) is 12.1 Å². The lowest BCUT2D eigenvalue weighted by atomic mass is 9.82. The Hall–Kier alpha value is -1.09. The topological polar surface area (TPSA) is 64.9 Å². The molecule has 82 valence electrons. The van der Waals surface area contributed by atoms with Crippen molar-refractivity contribution in [3.05, 3.63) is 23.9 Å². The minimum absolute atomic E-state index is 0.0685. The van der Waals surface area contributed by atoms with Gasteiger partial charge in [0.05, 0.1) is 0 Å². The third-order valence-corrected chi connectivity index (χ3v) is 3.39. The van der Waals surface area contributed by atoms with Crippen molar-refractivity contribution < 1.29 is 0 Å². The van der Waals surface area contributed by atoms with Crippen molar-refractivity contribution in [2.45, 2.75) is 38.1 Å². The molecule has 1 aliphatic carbocycles. The van der Waals surface area contributed by atoms with Gasteiger partial charge < -0.3 is 11.5 Å². The van der Waals surface area contributed by atoms with Crippen LogP contribution in [0.5, 0.6) is 0 Å². The van der Waals surface area contributed by atoms with Crippen molar-refractivity contribution in [3.63, 3.8) is 0 Å². The fraction of sp³-hybridized carbons (Fsp3) is 0.583. The first-order valence-electron chi connectivity index (χ1n) is 5.75. The summed E-state index contributed by atoms with van der Waals surface area (Å²) in [7, 11) is 0. The molecule has 4 N–H and O–H groups in total. The predicted octanol–water partition coefficient (Wildman–Crippen LogP) is 2.24. The van der Waals surface area contributed by atoms with Gasteiger partial charge in [-0.3, -0.25) is 0 Å². The van der Waals surface area contributed by atoms with E-state index in [2.05, 4.69) is 4.98 Å². The van der Waals surface area contributed by atoms with Crippen LogP contribution in [0.2, 0.25) is 0 Å². The van der Waals surface area contributed by atoms with Gasteiger partial charge in [0.25, 0.3) is 0 Å². The third-order valence-electron chi connectivity index (χ3n) is 3.39. The summed E-state index contributed by atoms with van der Waals surface area (Å²) in [4.78, 5) is 4.09. The zero-order chi connectivity index (χ0) is 10.7. The third kappa shape index (κ3) is 2.29. The molecule has 1 heterocycles.